The van der Waals surface area contributed by atoms with E-state index in [1.807, 2.05) is 4.90 Å². The van der Waals surface area contributed by atoms with Gasteiger partial charge in [0.2, 0.25) is 11.8 Å². The molecule has 1 atom stereocenters. The van der Waals surface area contributed by atoms with Crippen LogP contribution in [0.2, 0.25) is 0 Å². The molecule has 0 aromatic heterocycles. The first kappa shape index (κ1) is 15.7. The largest absolute Gasteiger partial charge is 0.355 e. The van der Waals surface area contributed by atoms with Gasteiger partial charge in [-0.1, -0.05) is 12.1 Å². The Hall–Kier alpha value is -2.17. The molecule has 23 heavy (non-hydrogen) atoms. The molecule has 2 amide bonds. The summed E-state index contributed by atoms with van der Waals surface area (Å²) < 4.78 is 12.9. The maximum Gasteiger partial charge on any atom is 0.249 e. The van der Waals surface area contributed by atoms with Crippen LogP contribution in [-0.2, 0) is 9.59 Å². The Bertz CT molecular complexity index is 653. The predicted molar refractivity (Wildman–Crippen MR) is 85.9 cm³/mol. The summed E-state index contributed by atoms with van der Waals surface area (Å²) >= 11 is 0. The van der Waals surface area contributed by atoms with E-state index in [1.54, 1.807) is 25.1 Å². The van der Waals surface area contributed by atoms with Crippen molar-refractivity contribution in [3.8, 4) is 0 Å². The van der Waals surface area contributed by atoms with Crippen LogP contribution in [0.15, 0.2) is 29.8 Å². The third-order valence-electron chi connectivity index (χ3n) is 4.74. The quantitative estimate of drug-likeness (QED) is 0.852. The number of nitrogens with one attached hydrogen (secondary N) is 1. The lowest BCUT2D eigenvalue weighted by molar-refractivity contribution is -0.131. The minimum absolute atomic E-state index is 0.00671. The van der Waals surface area contributed by atoms with Crippen molar-refractivity contribution in [2.75, 3.05) is 19.6 Å². The number of hydrogen-bond acceptors (Lipinski definition) is 2. The van der Waals surface area contributed by atoms with E-state index in [0.717, 1.165) is 24.9 Å². The zero-order chi connectivity index (χ0) is 16.4. The monoisotopic (exact) mass is 316 g/mol. The molecular weight excluding hydrogens is 295 g/mol. The van der Waals surface area contributed by atoms with Crippen LogP contribution in [-0.4, -0.2) is 36.3 Å². The molecule has 1 aromatic rings. The molecule has 1 N–H and O–H groups in total. The van der Waals surface area contributed by atoms with E-state index < -0.39 is 0 Å². The normalized spacial score (nSPS) is 24.9. The average molecular weight is 316 g/mol. The molecule has 2 fully saturated rings. The molecule has 2 saturated heterocycles. The van der Waals surface area contributed by atoms with Gasteiger partial charge in [-0.25, -0.2) is 4.39 Å². The summed E-state index contributed by atoms with van der Waals surface area (Å²) in [6.45, 7) is 3.80. The second kappa shape index (κ2) is 6.14. The molecule has 1 aromatic carbocycles. The molecular formula is C18H21FN2O2. The molecule has 0 radical (unpaired) electrons. The van der Waals surface area contributed by atoms with Gasteiger partial charge in [0, 0.05) is 37.0 Å². The van der Waals surface area contributed by atoms with Crippen molar-refractivity contribution in [2.24, 2.45) is 5.41 Å². The van der Waals surface area contributed by atoms with E-state index >= 15 is 0 Å². The minimum Gasteiger partial charge on any atom is -0.355 e. The second-order valence-electron chi connectivity index (χ2n) is 6.66. The molecule has 3 rings (SSSR count). The molecule has 1 spiro atoms. The first-order valence-corrected chi connectivity index (χ1v) is 7.97. The number of rotatable bonds is 2. The Morgan fingerprint density at radius 1 is 1.35 bits per heavy atom. The van der Waals surface area contributed by atoms with Gasteiger partial charge in [0.25, 0.3) is 0 Å². The molecule has 5 heteroatoms. The van der Waals surface area contributed by atoms with Gasteiger partial charge in [-0.15, -0.1) is 0 Å². The van der Waals surface area contributed by atoms with Crippen molar-refractivity contribution in [3.05, 3.63) is 41.2 Å². The van der Waals surface area contributed by atoms with E-state index in [0.29, 0.717) is 25.1 Å². The molecule has 2 heterocycles. The van der Waals surface area contributed by atoms with Gasteiger partial charge in [-0.3, -0.25) is 9.59 Å². The number of nitrogens with zero attached hydrogens (tertiary/aromatic N) is 1. The van der Waals surface area contributed by atoms with Crippen LogP contribution < -0.4 is 5.32 Å². The Kier molecular flexibility index (Phi) is 4.20. The van der Waals surface area contributed by atoms with Gasteiger partial charge < -0.3 is 10.2 Å². The predicted octanol–water partition coefficient (Wildman–Crippen LogP) is 2.36. The number of carbonyl (C=O) groups excluding carboxylic acids is 2. The van der Waals surface area contributed by atoms with Crippen LogP contribution in [0.1, 0.15) is 31.7 Å². The second-order valence-corrected chi connectivity index (χ2v) is 6.66. The SMILES string of the molecule is C/C(=C/c1ccc(F)cc1)C(=O)N1CCCC2(CNC(=O)C2)C1. The van der Waals surface area contributed by atoms with Gasteiger partial charge in [0.1, 0.15) is 5.82 Å². The molecule has 4 nitrogen and oxygen atoms in total. The fourth-order valence-corrected chi connectivity index (χ4v) is 3.54. The topological polar surface area (TPSA) is 49.4 Å². The van der Waals surface area contributed by atoms with Crippen LogP contribution in [0.25, 0.3) is 6.08 Å². The van der Waals surface area contributed by atoms with Crippen LogP contribution in [0.5, 0.6) is 0 Å². The Balaban J connectivity index is 1.71. The summed E-state index contributed by atoms with van der Waals surface area (Å²) in [5.74, 6) is -0.215. The smallest absolute Gasteiger partial charge is 0.249 e. The number of benzene rings is 1. The molecule has 1 unspecified atom stereocenters. The molecule has 0 aliphatic carbocycles. The summed E-state index contributed by atoms with van der Waals surface area (Å²) in [7, 11) is 0. The number of amides is 2. The Morgan fingerprint density at radius 2 is 2.09 bits per heavy atom. The number of carbonyl (C=O) groups is 2. The van der Waals surface area contributed by atoms with Gasteiger partial charge in [0.05, 0.1) is 0 Å². The summed E-state index contributed by atoms with van der Waals surface area (Å²) in [6, 6.07) is 6.08. The number of likely N-dealkylation sites (tertiary alicyclic amines) is 1. The summed E-state index contributed by atoms with van der Waals surface area (Å²) in [4.78, 5) is 26.1. The fourth-order valence-electron chi connectivity index (χ4n) is 3.54. The standard InChI is InChI=1S/C18H21FN2O2/c1-13(9-14-3-5-15(19)6-4-14)17(23)21-8-2-7-18(12-21)10-16(22)20-11-18/h3-6,9H,2,7-8,10-12H2,1H3,(H,20,22)/b13-9-. The van der Waals surface area contributed by atoms with E-state index in [4.69, 9.17) is 0 Å². The van der Waals surface area contributed by atoms with Crippen molar-refractivity contribution in [2.45, 2.75) is 26.2 Å². The highest BCUT2D eigenvalue weighted by Crippen LogP contribution is 2.36. The molecule has 0 saturated carbocycles. The zero-order valence-electron chi connectivity index (χ0n) is 13.3. The van der Waals surface area contributed by atoms with Crippen molar-refractivity contribution in [1.82, 2.24) is 10.2 Å². The first-order valence-electron chi connectivity index (χ1n) is 7.97. The van der Waals surface area contributed by atoms with Crippen molar-refractivity contribution in [1.29, 1.82) is 0 Å². The van der Waals surface area contributed by atoms with Crippen LogP contribution in [0, 0.1) is 11.2 Å². The lowest BCUT2D eigenvalue weighted by Crippen LogP contribution is -2.47. The van der Waals surface area contributed by atoms with E-state index in [-0.39, 0.29) is 23.0 Å². The summed E-state index contributed by atoms with van der Waals surface area (Å²) in [5.41, 5.74) is 1.34. The summed E-state index contributed by atoms with van der Waals surface area (Å²) in [5, 5.41) is 2.89. The highest BCUT2D eigenvalue weighted by atomic mass is 19.1. The van der Waals surface area contributed by atoms with E-state index in [1.165, 1.54) is 12.1 Å². The number of halogens is 1. The molecule has 2 aliphatic rings. The maximum atomic E-state index is 12.9. The maximum absolute atomic E-state index is 12.9. The molecule has 2 aliphatic heterocycles. The minimum atomic E-state index is -0.289. The van der Waals surface area contributed by atoms with Crippen LogP contribution in [0.3, 0.4) is 0 Å². The third-order valence-corrected chi connectivity index (χ3v) is 4.74. The molecule has 122 valence electrons. The van der Waals surface area contributed by atoms with Crippen molar-refractivity contribution < 1.29 is 14.0 Å². The average Bonchev–Trinajstić information content (AvgIpc) is 2.89. The fraction of sp³-hybridized carbons (Fsp3) is 0.444. The van der Waals surface area contributed by atoms with Gasteiger partial charge >= 0.3 is 0 Å². The number of piperidine rings is 1. The van der Waals surface area contributed by atoms with Crippen LogP contribution in [0.4, 0.5) is 4.39 Å². The lowest BCUT2D eigenvalue weighted by Gasteiger charge is -2.39. The van der Waals surface area contributed by atoms with Gasteiger partial charge in [-0.05, 0) is 43.5 Å². The highest BCUT2D eigenvalue weighted by molar-refractivity contribution is 5.97. The van der Waals surface area contributed by atoms with Gasteiger partial charge in [0.15, 0.2) is 0 Å². The van der Waals surface area contributed by atoms with Gasteiger partial charge in [-0.2, -0.15) is 0 Å². The first-order chi connectivity index (χ1) is 11.0. The van der Waals surface area contributed by atoms with Crippen molar-refractivity contribution in [3.63, 3.8) is 0 Å². The number of hydrogen-bond donors (Lipinski definition) is 1. The van der Waals surface area contributed by atoms with Crippen molar-refractivity contribution >= 4 is 17.9 Å². The Labute approximate surface area is 135 Å². The Morgan fingerprint density at radius 3 is 2.74 bits per heavy atom. The van der Waals surface area contributed by atoms with E-state index in [9.17, 15) is 14.0 Å². The highest BCUT2D eigenvalue weighted by Gasteiger charge is 2.42. The summed E-state index contributed by atoms with van der Waals surface area (Å²) in [6.07, 6.45) is 4.19. The van der Waals surface area contributed by atoms with Crippen LogP contribution >= 0.6 is 0 Å². The lowest BCUT2D eigenvalue weighted by atomic mass is 9.79. The van der Waals surface area contributed by atoms with E-state index in [2.05, 4.69) is 5.32 Å². The zero-order valence-corrected chi connectivity index (χ0v) is 13.3. The molecule has 0 bridgehead atoms. The third kappa shape index (κ3) is 3.44.